The van der Waals surface area contributed by atoms with Crippen molar-refractivity contribution in [2.75, 3.05) is 5.73 Å². The van der Waals surface area contributed by atoms with Crippen molar-refractivity contribution >= 4 is 32.8 Å². The summed E-state index contributed by atoms with van der Waals surface area (Å²) in [6.07, 6.45) is -1.27. The van der Waals surface area contributed by atoms with E-state index in [-0.39, 0.29) is 17.1 Å². The standard InChI is InChI=1S/C22H16BrF4N9/c1-10(17-11(2)36(34-33-17)14-6-4-3-5-13(14)24)35-18(23)15(16-19(28)31-9-32-20(16)35)12-7-29-21(30-8-12)22(25,26)27/h3-10H,1-2H3,(H2,28,31,32). The van der Waals surface area contributed by atoms with Gasteiger partial charge in [-0.15, -0.1) is 5.10 Å². The lowest BCUT2D eigenvalue weighted by Gasteiger charge is -2.15. The van der Waals surface area contributed by atoms with Gasteiger partial charge in [0.15, 0.2) is 0 Å². The zero-order valence-electron chi connectivity index (χ0n) is 18.7. The normalized spacial score (nSPS) is 12.9. The van der Waals surface area contributed by atoms with Crippen LogP contribution < -0.4 is 5.73 Å². The van der Waals surface area contributed by atoms with Gasteiger partial charge in [-0.1, -0.05) is 17.3 Å². The van der Waals surface area contributed by atoms with Crippen molar-refractivity contribution in [2.24, 2.45) is 0 Å². The van der Waals surface area contributed by atoms with Crippen LogP contribution in [-0.4, -0.2) is 39.5 Å². The van der Waals surface area contributed by atoms with Crippen LogP contribution >= 0.6 is 15.9 Å². The molecule has 0 fully saturated rings. The number of benzene rings is 1. The van der Waals surface area contributed by atoms with Crippen molar-refractivity contribution < 1.29 is 17.6 Å². The highest BCUT2D eigenvalue weighted by atomic mass is 79.9. The van der Waals surface area contributed by atoms with E-state index in [0.29, 0.717) is 32.6 Å². The van der Waals surface area contributed by atoms with Gasteiger partial charge in [-0.3, -0.25) is 0 Å². The van der Waals surface area contributed by atoms with Crippen LogP contribution in [0.4, 0.5) is 23.4 Å². The van der Waals surface area contributed by atoms with Crippen molar-refractivity contribution in [1.29, 1.82) is 0 Å². The Labute approximate surface area is 209 Å². The number of nitrogen functional groups attached to an aromatic ring is 1. The van der Waals surface area contributed by atoms with Crippen LogP contribution in [0.3, 0.4) is 0 Å². The molecule has 36 heavy (non-hydrogen) atoms. The van der Waals surface area contributed by atoms with Crippen LogP contribution in [0.2, 0.25) is 0 Å². The fourth-order valence-electron chi connectivity index (χ4n) is 4.05. The van der Waals surface area contributed by atoms with Crippen LogP contribution in [0.5, 0.6) is 0 Å². The largest absolute Gasteiger partial charge is 0.451 e. The average Bonchev–Trinajstić information content (AvgIpc) is 3.36. The Hall–Kier alpha value is -3.94. The van der Waals surface area contributed by atoms with Crippen LogP contribution in [0.25, 0.3) is 27.8 Å². The predicted octanol–water partition coefficient (Wildman–Crippen LogP) is 4.89. The summed E-state index contributed by atoms with van der Waals surface area (Å²) in [6.45, 7) is 3.59. The highest BCUT2D eigenvalue weighted by Gasteiger charge is 2.35. The van der Waals surface area contributed by atoms with Gasteiger partial charge in [0.05, 0.1) is 21.7 Å². The summed E-state index contributed by atoms with van der Waals surface area (Å²) in [5.74, 6) is -1.60. The summed E-state index contributed by atoms with van der Waals surface area (Å²) in [5, 5.41) is 8.81. The molecule has 1 atom stereocenters. The molecule has 0 radical (unpaired) electrons. The summed E-state index contributed by atoms with van der Waals surface area (Å²) < 4.78 is 56.9. The molecule has 5 rings (SSSR count). The summed E-state index contributed by atoms with van der Waals surface area (Å²) in [6, 6.07) is 5.68. The molecule has 0 aliphatic rings. The highest BCUT2D eigenvalue weighted by molar-refractivity contribution is 9.10. The Bertz CT molecular complexity index is 1590. The zero-order valence-corrected chi connectivity index (χ0v) is 20.2. The monoisotopic (exact) mass is 561 g/mol. The third-order valence-electron chi connectivity index (χ3n) is 5.74. The van der Waals surface area contributed by atoms with E-state index in [1.54, 1.807) is 29.7 Å². The van der Waals surface area contributed by atoms with Gasteiger partial charge in [-0.05, 0) is 41.9 Å². The lowest BCUT2D eigenvalue weighted by atomic mass is 10.1. The number of halogens is 5. The second-order valence-electron chi connectivity index (χ2n) is 7.89. The van der Waals surface area contributed by atoms with Crippen LogP contribution in [0, 0.1) is 12.7 Å². The maximum Gasteiger partial charge on any atom is 0.451 e. The number of nitrogens with zero attached hydrogens (tertiary/aromatic N) is 8. The van der Waals surface area contributed by atoms with Gasteiger partial charge in [0.25, 0.3) is 0 Å². The molecule has 1 unspecified atom stereocenters. The van der Waals surface area contributed by atoms with Crippen molar-refractivity contribution in [1.82, 2.24) is 39.5 Å². The lowest BCUT2D eigenvalue weighted by Crippen LogP contribution is -2.11. The fourth-order valence-corrected chi connectivity index (χ4v) is 4.95. The molecule has 9 nitrogen and oxygen atoms in total. The SMILES string of the molecule is Cc1c(C(C)n2c(Br)c(-c3cnc(C(F)(F)F)nc3)c3c(N)ncnc32)nnn1-c1ccccc1F. The molecule has 0 saturated heterocycles. The molecule has 184 valence electrons. The van der Waals surface area contributed by atoms with Gasteiger partial charge in [-0.2, -0.15) is 13.2 Å². The molecule has 0 spiro atoms. The summed E-state index contributed by atoms with van der Waals surface area (Å²) >= 11 is 3.56. The highest BCUT2D eigenvalue weighted by Crippen LogP contribution is 2.42. The number of anilines is 1. The van der Waals surface area contributed by atoms with E-state index in [2.05, 4.69) is 46.2 Å². The van der Waals surface area contributed by atoms with Crippen molar-refractivity contribution in [3.63, 3.8) is 0 Å². The van der Waals surface area contributed by atoms with Gasteiger partial charge < -0.3 is 10.3 Å². The van der Waals surface area contributed by atoms with Crippen molar-refractivity contribution in [2.45, 2.75) is 26.1 Å². The number of rotatable bonds is 4. The number of nitrogens with two attached hydrogens (primary N) is 1. The van der Waals surface area contributed by atoms with E-state index in [1.807, 2.05) is 6.92 Å². The first-order valence-corrected chi connectivity index (χ1v) is 11.3. The minimum absolute atomic E-state index is 0.119. The van der Waals surface area contributed by atoms with E-state index >= 15 is 0 Å². The molecule has 0 amide bonds. The van der Waals surface area contributed by atoms with Gasteiger partial charge in [0.2, 0.25) is 5.82 Å². The Balaban J connectivity index is 1.67. The number of hydrogen-bond donors (Lipinski definition) is 1. The van der Waals surface area contributed by atoms with Gasteiger partial charge >= 0.3 is 6.18 Å². The smallest absolute Gasteiger partial charge is 0.383 e. The Morgan fingerprint density at radius 1 is 1.06 bits per heavy atom. The molecule has 0 aliphatic carbocycles. The molecular weight excluding hydrogens is 546 g/mol. The van der Waals surface area contributed by atoms with E-state index in [4.69, 9.17) is 5.73 Å². The van der Waals surface area contributed by atoms with Gasteiger partial charge in [-0.25, -0.2) is 29.0 Å². The van der Waals surface area contributed by atoms with E-state index < -0.39 is 23.9 Å². The molecule has 5 aromatic rings. The maximum absolute atomic E-state index is 14.4. The van der Waals surface area contributed by atoms with Crippen molar-refractivity contribution in [3.05, 3.63) is 70.6 Å². The Morgan fingerprint density at radius 3 is 2.42 bits per heavy atom. The van der Waals surface area contributed by atoms with Crippen LogP contribution in [-0.2, 0) is 6.18 Å². The third kappa shape index (κ3) is 3.77. The average molecular weight is 562 g/mol. The number of para-hydroxylation sites is 1. The molecule has 14 heteroatoms. The minimum atomic E-state index is -4.68. The number of aromatic nitrogens is 8. The molecule has 4 aromatic heterocycles. The van der Waals surface area contributed by atoms with Gasteiger partial charge in [0.1, 0.15) is 35.0 Å². The van der Waals surface area contributed by atoms with E-state index in [1.165, 1.54) is 17.1 Å². The first-order chi connectivity index (χ1) is 17.1. The Kier molecular flexibility index (Phi) is 5.70. The molecule has 4 heterocycles. The van der Waals surface area contributed by atoms with E-state index in [0.717, 1.165) is 12.4 Å². The summed E-state index contributed by atoms with van der Waals surface area (Å²) in [7, 11) is 0. The molecule has 0 bridgehead atoms. The lowest BCUT2D eigenvalue weighted by molar-refractivity contribution is -0.144. The summed E-state index contributed by atoms with van der Waals surface area (Å²) in [5.41, 5.74) is 8.60. The van der Waals surface area contributed by atoms with Crippen LogP contribution in [0.15, 0.2) is 47.6 Å². The minimum Gasteiger partial charge on any atom is -0.383 e. The number of alkyl halides is 3. The van der Waals surface area contributed by atoms with Crippen molar-refractivity contribution in [3.8, 4) is 16.8 Å². The zero-order chi connectivity index (χ0) is 25.8. The van der Waals surface area contributed by atoms with Crippen LogP contribution in [0.1, 0.15) is 30.2 Å². The molecular formula is C22H16BrF4N9. The summed E-state index contributed by atoms with van der Waals surface area (Å²) in [4.78, 5) is 15.3. The predicted molar refractivity (Wildman–Crippen MR) is 126 cm³/mol. The number of hydrogen-bond acceptors (Lipinski definition) is 7. The second kappa shape index (κ2) is 8.62. The Morgan fingerprint density at radius 2 is 1.75 bits per heavy atom. The molecule has 0 saturated carbocycles. The second-order valence-corrected chi connectivity index (χ2v) is 8.64. The number of fused-ring (bicyclic) bond motifs is 1. The maximum atomic E-state index is 14.4. The first kappa shape index (κ1) is 23.8. The van der Waals surface area contributed by atoms with Gasteiger partial charge in [0, 0.05) is 23.5 Å². The first-order valence-electron chi connectivity index (χ1n) is 10.5. The van der Waals surface area contributed by atoms with E-state index in [9.17, 15) is 17.6 Å². The molecule has 0 aliphatic heterocycles. The quantitative estimate of drug-likeness (QED) is 0.311. The fraction of sp³-hybridized carbons (Fsp3) is 0.182. The third-order valence-corrected chi connectivity index (χ3v) is 6.52. The molecule has 1 aromatic carbocycles. The molecule has 2 N–H and O–H groups in total. The topological polar surface area (TPSA) is 113 Å².